The second-order valence-electron chi connectivity index (χ2n) is 4.77. The first-order valence-electron chi connectivity index (χ1n) is 6.98. The van der Waals surface area contributed by atoms with Crippen molar-refractivity contribution in [1.29, 1.82) is 0 Å². The Bertz CT molecular complexity index is 489. The zero-order valence-corrected chi connectivity index (χ0v) is 12.2. The molecule has 21 heavy (non-hydrogen) atoms. The van der Waals surface area contributed by atoms with Gasteiger partial charge >= 0.3 is 5.97 Å². The lowest BCUT2D eigenvalue weighted by Gasteiger charge is -2.09. The number of carboxylic acid groups (broad SMARTS) is 1. The van der Waals surface area contributed by atoms with Crippen LogP contribution >= 0.6 is 0 Å². The van der Waals surface area contributed by atoms with E-state index in [2.05, 4.69) is 5.32 Å². The van der Waals surface area contributed by atoms with Crippen LogP contribution in [0.4, 0.5) is 5.69 Å². The number of hydrogen-bond acceptors (Lipinski definition) is 4. The molecule has 0 aliphatic heterocycles. The average Bonchev–Trinajstić information content (AvgIpc) is 2.45. The molecule has 0 saturated carbocycles. The number of anilines is 1. The molecule has 6 heteroatoms. The van der Waals surface area contributed by atoms with Crippen molar-refractivity contribution in [2.24, 2.45) is 0 Å². The van der Waals surface area contributed by atoms with Crippen LogP contribution < -0.4 is 15.8 Å². The van der Waals surface area contributed by atoms with E-state index in [1.54, 1.807) is 25.3 Å². The summed E-state index contributed by atoms with van der Waals surface area (Å²) in [7, 11) is 1.54. The highest BCUT2D eigenvalue weighted by Crippen LogP contribution is 2.19. The molecule has 0 bridgehead atoms. The minimum absolute atomic E-state index is 0.203. The zero-order valence-electron chi connectivity index (χ0n) is 12.2. The van der Waals surface area contributed by atoms with E-state index < -0.39 is 5.97 Å². The largest absolute Gasteiger partial charge is 0.497 e. The van der Waals surface area contributed by atoms with Crippen molar-refractivity contribution in [3.63, 3.8) is 0 Å². The normalized spacial score (nSPS) is 10.1. The Morgan fingerprint density at radius 3 is 2.57 bits per heavy atom. The van der Waals surface area contributed by atoms with E-state index in [0.717, 1.165) is 19.3 Å². The Labute approximate surface area is 124 Å². The SMILES string of the molecule is COc1ccc(C(=O)NCCCCCCC(=O)O)c(N)c1. The summed E-state index contributed by atoms with van der Waals surface area (Å²) < 4.78 is 5.03. The average molecular weight is 294 g/mol. The molecule has 116 valence electrons. The van der Waals surface area contributed by atoms with Gasteiger partial charge in [0.25, 0.3) is 5.91 Å². The van der Waals surface area contributed by atoms with Crippen LogP contribution in [0, 0.1) is 0 Å². The third-order valence-corrected chi connectivity index (χ3v) is 3.11. The lowest BCUT2D eigenvalue weighted by Crippen LogP contribution is -2.25. The minimum Gasteiger partial charge on any atom is -0.497 e. The van der Waals surface area contributed by atoms with Crippen molar-refractivity contribution >= 4 is 17.6 Å². The van der Waals surface area contributed by atoms with Crippen LogP contribution in [0.25, 0.3) is 0 Å². The number of nitrogen functional groups attached to an aromatic ring is 1. The summed E-state index contributed by atoms with van der Waals surface area (Å²) in [6.07, 6.45) is 3.45. The predicted octanol–water partition coefficient (Wildman–Crippen LogP) is 2.04. The van der Waals surface area contributed by atoms with Crippen LogP contribution in [0.1, 0.15) is 42.5 Å². The molecule has 0 fully saturated rings. The molecule has 0 radical (unpaired) electrons. The molecule has 1 aromatic carbocycles. The number of hydrogen-bond donors (Lipinski definition) is 3. The number of rotatable bonds is 9. The van der Waals surface area contributed by atoms with Gasteiger partial charge in [0.2, 0.25) is 0 Å². The minimum atomic E-state index is -0.765. The van der Waals surface area contributed by atoms with Crippen molar-refractivity contribution in [2.75, 3.05) is 19.4 Å². The molecule has 0 unspecified atom stereocenters. The van der Waals surface area contributed by atoms with E-state index in [9.17, 15) is 9.59 Å². The number of nitrogens with one attached hydrogen (secondary N) is 1. The Morgan fingerprint density at radius 2 is 1.95 bits per heavy atom. The number of benzene rings is 1. The number of carbonyl (C=O) groups is 2. The van der Waals surface area contributed by atoms with E-state index >= 15 is 0 Å². The van der Waals surface area contributed by atoms with Crippen molar-refractivity contribution < 1.29 is 19.4 Å². The first-order chi connectivity index (χ1) is 10.0. The van der Waals surface area contributed by atoms with Gasteiger partial charge in [-0.3, -0.25) is 9.59 Å². The fourth-order valence-corrected chi connectivity index (χ4v) is 1.93. The number of aliphatic carboxylic acids is 1. The first kappa shape index (κ1) is 16.8. The monoisotopic (exact) mass is 294 g/mol. The molecule has 6 nitrogen and oxygen atoms in total. The fraction of sp³-hybridized carbons (Fsp3) is 0.467. The number of amides is 1. The maximum atomic E-state index is 11.9. The third-order valence-electron chi connectivity index (χ3n) is 3.11. The second kappa shape index (κ2) is 8.84. The van der Waals surface area contributed by atoms with E-state index in [1.807, 2.05) is 0 Å². The number of nitrogens with two attached hydrogens (primary N) is 1. The molecule has 0 spiro atoms. The van der Waals surface area contributed by atoms with Gasteiger partial charge in [-0.25, -0.2) is 0 Å². The summed E-state index contributed by atoms with van der Waals surface area (Å²) in [6, 6.07) is 4.94. The highest BCUT2D eigenvalue weighted by Gasteiger charge is 2.09. The molecule has 1 amide bonds. The maximum Gasteiger partial charge on any atom is 0.303 e. The topological polar surface area (TPSA) is 102 Å². The standard InChI is InChI=1S/C15H22N2O4/c1-21-11-7-8-12(13(16)10-11)15(20)17-9-5-3-2-4-6-14(18)19/h7-8,10H,2-6,9,16H2,1H3,(H,17,20)(H,18,19). The number of carbonyl (C=O) groups excluding carboxylic acids is 1. The van der Waals surface area contributed by atoms with E-state index in [4.69, 9.17) is 15.6 Å². The van der Waals surface area contributed by atoms with Gasteiger partial charge in [-0.15, -0.1) is 0 Å². The van der Waals surface area contributed by atoms with Crippen molar-refractivity contribution in [3.05, 3.63) is 23.8 Å². The number of methoxy groups -OCH3 is 1. The van der Waals surface area contributed by atoms with Gasteiger partial charge in [-0.2, -0.15) is 0 Å². The smallest absolute Gasteiger partial charge is 0.303 e. The van der Waals surface area contributed by atoms with Crippen molar-refractivity contribution in [1.82, 2.24) is 5.32 Å². The maximum absolute atomic E-state index is 11.9. The molecule has 1 rings (SSSR count). The summed E-state index contributed by atoms with van der Waals surface area (Å²) in [6.45, 7) is 0.553. The third kappa shape index (κ3) is 6.16. The van der Waals surface area contributed by atoms with Gasteiger partial charge in [0.1, 0.15) is 5.75 Å². The molecule has 0 aliphatic rings. The van der Waals surface area contributed by atoms with Gasteiger partial charge < -0.3 is 20.9 Å². The molecule has 0 saturated heterocycles. The Balaban J connectivity index is 2.26. The van der Waals surface area contributed by atoms with Gasteiger partial charge in [-0.1, -0.05) is 12.8 Å². The summed E-state index contributed by atoms with van der Waals surface area (Å²) in [4.78, 5) is 22.3. The van der Waals surface area contributed by atoms with Crippen LogP contribution in [0.3, 0.4) is 0 Å². The highest BCUT2D eigenvalue weighted by molar-refractivity contribution is 5.99. The molecule has 0 heterocycles. The van der Waals surface area contributed by atoms with Crippen LogP contribution in [0.15, 0.2) is 18.2 Å². The first-order valence-corrected chi connectivity index (χ1v) is 6.98. The quantitative estimate of drug-likeness (QED) is 0.478. The lowest BCUT2D eigenvalue weighted by molar-refractivity contribution is -0.137. The van der Waals surface area contributed by atoms with E-state index in [0.29, 0.717) is 30.0 Å². The summed E-state index contributed by atoms with van der Waals surface area (Å²) in [5.41, 5.74) is 6.61. The van der Waals surface area contributed by atoms with Gasteiger partial charge in [0, 0.05) is 24.7 Å². The summed E-state index contributed by atoms with van der Waals surface area (Å²) in [5.74, 6) is -0.360. The van der Waals surface area contributed by atoms with Crippen molar-refractivity contribution in [3.8, 4) is 5.75 Å². The molecular weight excluding hydrogens is 272 g/mol. The van der Waals surface area contributed by atoms with Gasteiger partial charge in [-0.05, 0) is 25.0 Å². The molecule has 0 aromatic heterocycles. The Hall–Kier alpha value is -2.24. The van der Waals surface area contributed by atoms with Gasteiger partial charge in [0.05, 0.1) is 12.7 Å². The van der Waals surface area contributed by atoms with Crippen LogP contribution in [-0.4, -0.2) is 30.6 Å². The van der Waals surface area contributed by atoms with Crippen LogP contribution in [0.5, 0.6) is 5.75 Å². The molecule has 0 atom stereocenters. The Morgan fingerprint density at radius 1 is 1.24 bits per heavy atom. The number of ether oxygens (including phenoxy) is 1. The molecular formula is C15H22N2O4. The van der Waals surface area contributed by atoms with Crippen LogP contribution in [0.2, 0.25) is 0 Å². The zero-order chi connectivity index (χ0) is 15.7. The highest BCUT2D eigenvalue weighted by atomic mass is 16.5. The Kier molecular flexibility index (Phi) is 7.08. The predicted molar refractivity (Wildman–Crippen MR) is 80.5 cm³/mol. The van der Waals surface area contributed by atoms with E-state index in [1.165, 1.54) is 0 Å². The van der Waals surface area contributed by atoms with Crippen LogP contribution in [-0.2, 0) is 4.79 Å². The molecule has 0 aliphatic carbocycles. The fourth-order valence-electron chi connectivity index (χ4n) is 1.93. The molecule has 1 aromatic rings. The lowest BCUT2D eigenvalue weighted by atomic mass is 10.1. The van der Waals surface area contributed by atoms with Gasteiger partial charge in [0.15, 0.2) is 0 Å². The number of carboxylic acids is 1. The summed E-state index contributed by atoms with van der Waals surface area (Å²) >= 11 is 0. The number of unbranched alkanes of at least 4 members (excludes halogenated alkanes) is 3. The van der Waals surface area contributed by atoms with Crippen molar-refractivity contribution in [2.45, 2.75) is 32.1 Å². The van der Waals surface area contributed by atoms with E-state index in [-0.39, 0.29) is 12.3 Å². The molecule has 4 N–H and O–H groups in total. The second-order valence-corrected chi connectivity index (χ2v) is 4.77. The summed E-state index contributed by atoms with van der Waals surface area (Å²) in [5, 5.41) is 11.3.